The second-order valence-corrected chi connectivity index (χ2v) is 6.66. The summed E-state index contributed by atoms with van der Waals surface area (Å²) in [5, 5.41) is 12.3. The Balaban J connectivity index is 1.90. The zero-order valence-electron chi connectivity index (χ0n) is 15.0. The molecule has 0 aliphatic rings. The van der Waals surface area contributed by atoms with Gasteiger partial charge in [-0.15, -0.1) is 0 Å². The number of phenols is 1. The van der Waals surface area contributed by atoms with Crippen molar-refractivity contribution in [1.29, 1.82) is 0 Å². The summed E-state index contributed by atoms with van der Waals surface area (Å²) in [5.74, 6) is -0.312. The number of aliphatic imine (C=N–C) groups is 1. The number of ketones is 1. The number of hydrogen-bond acceptors (Lipinski definition) is 5. The van der Waals surface area contributed by atoms with Crippen molar-refractivity contribution in [2.75, 3.05) is 11.9 Å². The van der Waals surface area contributed by atoms with Crippen LogP contribution in [0.15, 0.2) is 53.5 Å². The Morgan fingerprint density at radius 2 is 1.77 bits per heavy atom. The molecule has 0 spiro atoms. The molecule has 136 valence electrons. The first-order valence-corrected chi connectivity index (χ1v) is 8.16. The number of benzene rings is 2. The summed E-state index contributed by atoms with van der Waals surface area (Å²) < 4.78 is 5.18. The van der Waals surface area contributed by atoms with Crippen LogP contribution in [0.3, 0.4) is 0 Å². The van der Waals surface area contributed by atoms with Gasteiger partial charge in [0.05, 0.1) is 5.56 Å². The van der Waals surface area contributed by atoms with E-state index < -0.39 is 11.7 Å². The van der Waals surface area contributed by atoms with Gasteiger partial charge in [-0.25, -0.2) is 4.79 Å². The van der Waals surface area contributed by atoms with Crippen LogP contribution in [0, 0.1) is 0 Å². The molecule has 0 atom stereocenters. The van der Waals surface area contributed by atoms with Crippen LogP contribution >= 0.6 is 0 Å². The Bertz CT molecular complexity index is 805. The fraction of sp³-hybridized carbons (Fsp3) is 0.250. The molecule has 0 radical (unpaired) electrons. The highest BCUT2D eigenvalue weighted by Gasteiger charge is 2.16. The number of nitrogens with zero attached hydrogens (tertiary/aromatic N) is 1. The minimum absolute atomic E-state index is 0.0507. The van der Waals surface area contributed by atoms with Gasteiger partial charge in [0.25, 0.3) is 0 Å². The van der Waals surface area contributed by atoms with Crippen LogP contribution < -0.4 is 5.32 Å². The Hall–Kier alpha value is -3.15. The number of ether oxygens (including phenoxy) is 1. The van der Waals surface area contributed by atoms with Gasteiger partial charge < -0.3 is 9.84 Å². The van der Waals surface area contributed by atoms with E-state index in [1.54, 1.807) is 69.5 Å². The molecule has 6 heteroatoms. The van der Waals surface area contributed by atoms with Crippen molar-refractivity contribution >= 4 is 23.8 Å². The van der Waals surface area contributed by atoms with Gasteiger partial charge >= 0.3 is 6.09 Å². The number of hydrogen-bond donors (Lipinski definition) is 2. The van der Waals surface area contributed by atoms with E-state index in [9.17, 15) is 14.7 Å². The Kier molecular flexibility index (Phi) is 6.11. The van der Waals surface area contributed by atoms with Crippen LogP contribution in [0.4, 0.5) is 10.5 Å². The second kappa shape index (κ2) is 8.29. The van der Waals surface area contributed by atoms with E-state index in [1.165, 1.54) is 6.07 Å². The molecular formula is C20H22N2O4. The number of anilines is 1. The predicted molar refractivity (Wildman–Crippen MR) is 101 cm³/mol. The first-order chi connectivity index (χ1) is 12.2. The highest BCUT2D eigenvalue weighted by Crippen LogP contribution is 2.16. The van der Waals surface area contributed by atoms with Crippen LogP contribution in [0.25, 0.3) is 0 Å². The third-order valence-corrected chi connectivity index (χ3v) is 3.24. The lowest BCUT2D eigenvalue weighted by Crippen LogP contribution is -2.27. The summed E-state index contributed by atoms with van der Waals surface area (Å²) in [7, 11) is 0. The van der Waals surface area contributed by atoms with E-state index in [-0.39, 0.29) is 23.6 Å². The maximum atomic E-state index is 12.0. The molecule has 0 aliphatic carbocycles. The molecule has 0 bridgehead atoms. The lowest BCUT2D eigenvalue weighted by Gasteiger charge is -2.19. The molecule has 0 fully saturated rings. The van der Waals surface area contributed by atoms with Gasteiger partial charge in [0.15, 0.2) is 5.78 Å². The molecule has 0 aliphatic heterocycles. The molecule has 1 amide bonds. The fourth-order valence-electron chi connectivity index (χ4n) is 2.10. The summed E-state index contributed by atoms with van der Waals surface area (Å²) in [5.41, 5.74) is 1.07. The van der Waals surface area contributed by atoms with Crippen molar-refractivity contribution in [2.24, 2.45) is 4.99 Å². The normalized spacial score (nSPS) is 11.3. The quantitative estimate of drug-likeness (QED) is 0.626. The highest BCUT2D eigenvalue weighted by molar-refractivity contribution is 6.00. The minimum Gasteiger partial charge on any atom is -0.507 e. The molecule has 2 aromatic carbocycles. The largest absolute Gasteiger partial charge is 0.507 e. The molecule has 0 saturated carbocycles. The van der Waals surface area contributed by atoms with E-state index in [1.807, 2.05) is 0 Å². The number of rotatable bonds is 5. The van der Waals surface area contributed by atoms with E-state index in [4.69, 9.17) is 4.74 Å². The summed E-state index contributed by atoms with van der Waals surface area (Å²) in [6.45, 7) is 5.32. The molecule has 2 rings (SSSR count). The van der Waals surface area contributed by atoms with Crippen LogP contribution in [-0.2, 0) is 4.74 Å². The number of phenolic OH excluding ortho intramolecular Hbond substituents is 1. The Labute approximate surface area is 152 Å². The Morgan fingerprint density at radius 1 is 1.12 bits per heavy atom. The van der Waals surface area contributed by atoms with Gasteiger partial charge in [-0.05, 0) is 50.6 Å². The lowest BCUT2D eigenvalue weighted by atomic mass is 10.1. The van der Waals surface area contributed by atoms with Gasteiger partial charge in [0, 0.05) is 11.9 Å². The first-order valence-electron chi connectivity index (χ1n) is 8.16. The van der Waals surface area contributed by atoms with E-state index in [0.29, 0.717) is 5.69 Å². The monoisotopic (exact) mass is 354 g/mol. The van der Waals surface area contributed by atoms with E-state index >= 15 is 0 Å². The van der Waals surface area contributed by atoms with E-state index in [2.05, 4.69) is 10.3 Å². The number of nitrogens with one attached hydrogen (secondary N) is 1. The molecule has 6 nitrogen and oxygen atoms in total. The van der Waals surface area contributed by atoms with Crippen molar-refractivity contribution in [1.82, 2.24) is 0 Å². The molecule has 0 heterocycles. The maximum absolute atomic E-state index is 12.0. The van der Waals surface area contributed by atoms with Crippen molar-refractivity contribution in [2.45, 2.75) is 26.4 Å². The average Bonchev–Trinajstić information content (AvgIpc) is 2.55. The summed E-state index contributed by atoms with van der Waals surface area (Å²) >= 11 is 0. The molecule has 0 saturated heterocycles. The maximum Gasteiger partial charge on any atom is 0.412 e. The number of para-hydroxylation sites is 1. The molecule has 0 aromatic heterocycles. The van der Waals surface area contributed by atoms with Gasteiger partial charge in [-0.2, -0.15) is 0 Å². The zero-order valence-corrected chi connectivity index (χ0v) is 15.0. The number of aromatic hydroxyl groups is 1. The summed E-state index contributed by atoms with van der Waals surface area (Å²) in [4.78, 5) is 27.8. The van der Waals surface area contributed by atoms with Crippen LogP contribution in [0.2, 0.25) is 0 Å². The van der Waals surface area contributed by atoms with Crippen molar-refractivity contribution in [3.63, 3.8) is 0 Å². The molecule has 0 unspecified atom stereocenters. The van der Waals surface area contributed by atoms with Gasteiger partial charge in [-0.1, -0.05) is 24.3 Å². The van der Waals surface area contributed by atoms with Gasteiger partial charge in [0.2, 0.25) is 0 Å². The number of carbonyl (C=O) groups excluding carboxylic acids is 2. The highest BCUT2D eigenvalue weighted by atomic mass is 16.6. The smallest absolute Gasteiger partial charge is 0.412 e. The van der Waals surface area contributed by atoms with Crippen molar-refractivity contribution in [3.8, 4) is 5.75 Å². The van der Waals surface area contributed by atoms with Gasteiger partial charge in [0.1, 0.15) is 17.9 Å². The average molecular weight is 354 g/mol. The van der Waals surface area contributed by atoms with Crippen LogP contribution in [0.5, 0.6) is 5.75 Å². The fourth-order valence-corrected chi connectivity index (χ4v) is 2.10. The standard InChI is InChI=1S/C20H22N2O4/c1-20(2,3)26-19(25)22-15-10-8-14(9-11-15)12-21-13-18(24)16-6-4-5-7-17(16)23/h4-12,23H,13H2,1-3H3,(H,22,25). The first kappa shape index (κ1) is 19.2. The molecule has 2 aromatic rings. The van der Waals surface area contributed by atoms with Gasteiger partial charge in [-0.3, -0.25) is 15.1 Å². The number of amides is 1. The summed E-state index contributed by atoms with van der Waals surface area (Å²) in [6, 6.07) is 13.3. The third-order valence-electron chi connectivity index (χ3n) is 3.24. The number of carbonyl (C=O) groups is 2. The zero-order chi connectivity index (χ0) is 19.2. The van der Waals surface area contributed by atoms with Crippen LogP contribution in [-0.4, -0.2) is 35.3 Å². The number of Topliss-reactive ketones (excluding diaryl/α,β-unsaturated/α-hetero) is 1. The van der Waals surface area contributed by atoms with Crippen molar-refractivity contribution in [3.05, 3.63) is 59.7 Å². The minimum atomic E-state index is -0.559. The van der Waals surface area contributed by atoms with E-state index in [0.717, 1.165) is 5.56 Å². The molecule has 26 heavy (non-hydrogen) atoms. The third kappa shape index (κ3) is 6.05. The Morgan fingerprint density at radius 3 is 2.38 bits per heavy atom. The lowest BCUT2D eigenvalue weighted by molar-refractivity contribution is 0.0635. The second-order valence-electron chi connectivity index (χ2n) is 6.66. The molecular weight excluding hydrogens is 332 g/mol. The predicted octanol–water partition coefficient (Wildman–Crippen LogP) is 4.04. The van der Waals surface area contributed by atoms with Crippen molar-refractivity contribution < 1.29 is 19.4 Å². The topological polar surface area (TPSA) is 88.0 Å². The molecule has 2 N–H and O–H groups in total. The SMILES string of the molecule is CC(C)(C)OC(=O)Nc1ccc(C=NCC(=O)c2ccccc2O)cc1. The summed E-state index contributed by atoms with van der Waals surface area (Å²) in [6.07, 6.45) is 1.04. The van der Waals surface area contributed by atoms with Crippen LogP contribution in [0.1, 0.15) is 36.7 Å².